The van der Waals surface area contributed by atoms with E-state index in [-0.39, 0.29) is 82.9 Å². The molecule has 2 saturated heterocycles. The number of Topliss-reactive ketones (excluding diaryl/α,β-unsaturated/α-hetero) is 4. The molecule has 1 unspecified atom stereocenters. The predicted molar refractivity (Wildman–Crippen MR) is 203 cm³/mol. The van der Waals surface area contributed by atoms with E-state index in [4.69, 9.17) is 4.74 Å². The number of carbonyl (C=O) groups is 6. The fourth-order valence-corrected chi connectivity index (χ4v) is 11.6. The van der Waals surface area contributed by atoms with Crippen molar-refractivity contribution in [2.24, 2.45) is 51.2 Å². The van der Waals surface area contributed by atoms with E-state index in [9.17, 15) is 24.0 Å². The van der Waals surface area contributed by atoms with Crippen LogP contribution < -0.4 is 0 Å². The fourth-order valence-electron chi connectivity index (χ4n) is 11.6. The number of amides is 2. The maximum Gasteiger partial charge on any atom is 0.227 e. The van der Waals surface area contributed by atoms with Crippen LogP contribution >= 0.6 is 0 Å². The lowest BCUT2D eigenvalue weighted by molar-refractivity contribution is -0.147. The highest BCUT2D eigenvalue weighted by molar-refractivity contribution is 6.38. The average molecular weight is 737 g/mol. The Morgan fingerprint density at radius 2 is 1.47 bits per heavy atom. The highest BCUT2D eigenvalue weighted by Crippen LogP contribution is 2.88. The average Bonchev–Trinajstić information content (AvgIpc) is 3.94. The molecule has 2 spiro atoms. The molecule has 0 radical (unpaired) electrons. The van der Waals surface area contributed by atoms with Crippen LogP contribution in [0.1, 0.15) is 151 Å². The summed E-state index contributed by atoms with van der Waals surface area (Å²) in [4.78, 5) is 87.8. The third kappa shape index (κ3) is 7.72. The normalized spacial score (nSPS) is 28.3. The molecular weight excluding hydrogens is 668 g/mol. The quantitative estimate of drug-likeness (QED) is 0.154. The first-order chi connectivity index (χ1) is 25.1. The number of carbonyl (C=O) groups excluding carboxylic acids is 6. The second kappa shape index (κ2) is 15.6. The highest BCUT2D eigenvalue weighted by Gasteiger charge is 2.85. The van der Waals surface area contributed by atoms with Crippen molar-refractivity contribution in [2.45, 2.75) is 157 Å². The molecule has 0 aromatic carbocycles. The number of nitrogens with zero attached hydrogens (tertiary/aromatic N) is 2. The summed E-state index contributed by atoms with van der Waals surface area (Å²) in [5.41, 5.74) is -0.658. The summed E-state index contributed by atoms with van der Waals surface area (Å²) in [5, 5.41) is 0. The predicted octanol–water partition coefficient (Wildman–Crippen LogP) is 7.16. The smallest absolute Gasteiger partial charge is 0.227 e. The number of ether oxygens (including phenoxy) is 1. The van der Waals surface area contributed by atoms with Crippen LogP contribution in [0.2, 0.25) is 0 Å². The Kier molecular flexibility index (Phi) is 11.9. The van der Waals surface area contributed by atoms with Crippen molar-refractivity contribution in [2.75, 3.05) is 32.8 Å². The zero-order chi connectivity index (χ0) is 38.3. The van der Waals surface area contributed by atoms with Gasteiger partial charge in [0.15, 0.2) is 11.6 Å². The molecule has 9 nitrogen and oxygen atoms in total. The van der Waals surface area contributed by atoms with Crippen LogP contribution in [0.5, 0.6) is 0 Å². The molecule has 5 atom stereocenters. The molecule has 2 aliphatic heterocycles. The van der Waals surface area contributed by atoms with Gasteiger partial charge in [0, 0.05) is 68.5 Å². The number of morpholine rings is 1. The Morgan fingerprint density at radius 1 is 0.811 bits per heavy atom. The first-order valence-electron chi connectivity index (χ1n) is 21.4. The van der Waals surface area contributed by atoms with Gasteiger partial charge in [-0.3, -0.25) is 28.8 Å². The van der Waals surface area contributed by atoms with E-state index in [0.29, 0.717) is 58.0 Å². The van der Waals surface area contributed by atoms with Crippen LogP contribution in [0.4, 0.5) is 0 Å². The molecule has 4 saturated carbocycles. The minimum Gasteiger partial charge on any atom is -0.378 e. The lowest BCUT2D eigenvalue weighted by Crippen LogP contribution is -2.48. The van der Waals surface area contributed by atoms with Crippen LogP contribution in [-0.2, 0) is 33.5 Å². The summed E-state index contributed by atoms with van der Waals surface area (Å²) in [6.45, 7) is 15.2. The van der Waals surface area contributed by atoms with Crippen LogP contribution in [0, 0.1) is 51.2 Å². The molecule has 0 aromatic rings. The Hall–Kier alpha value is -2.42. The van der Waals surface area contributed by atoms with Crippen LogP contribution in [0.3, 0.4) is 0 Å². The molecule has 4 aliphatic carbocycles. The summed E-state index contributed by atoms with van der Waals surface area (Å²) >= 11 is 0. The standard InChI is InChI=1S/C44H68N2O7/c1-7-12-31(38(50)37(49)23-29-15-16-29)24-36(48)35-27-44(42(5,6)43(44)17-11-18-43)28-46(35)40(52)34(41(2,3)4)26-32(47)25-33(30-13-9-8-10-14-30)39(51)45-19-21-53-22-20-45/h29-31,33-35H,7-28H2,1-6H3/t31?,33-,34+,35-,44+/m0/s1. The van der Waals surface area contributed by atoms with Gasteiger partial charge in [0.25, 0.3) is 0 Å². The lowest BCUT2D eigenvalue weighted by atomic mass is 9.73. The number of hydrogen-bond donors (Lipinski definition) is 0. The van der Waals surface area contributed by atoms with Crippen molar-refractivity contribution in [1.29, 1.82) is 0 Å². The summed E-state index contributed by atoms with van der Waals surface area (Å²) in [7, 11) is 0. The maximum atomic E-state index is 15.0. The third-order valence-electron chi connectivity index (χ3n) is 15.4. The van der Waals surface area contributed by atoms with Gasteiger partial charge in [-0.2, -0.15) is 0 Å². The summed E-state index contributed by atoms with van der Waals surface area (Å²) in [6, 6.07) is -0.676. The van der Waals surface area contributed by atoms with Gasteiger partial charge in [-0.1, -0.05) is 73.6 Å². The van der Waals surface area contributed by atoms with Crippen LogP contribution in [-0.4, -0.2) is 83.6 Å². The van der Waals surface area contributed by atoms with E-state index in [1.165, 1.54) is 0 Å². The highest BCUT2D eigenvalue weighted by atomic mass is 16.5. The van der Waals surface area contributed by atoms with Crippen molar-refractivity contribution < 1.29 is 33.5 Å². The second-order valence-corrected chi connectivity index (χ2v) is 19.7. The van der Waals surface area contributed by atoms with E-state index < -0.39 is 29.1 Å². The molecule has 2 heterocycles. The molecular formula is C44H68N2O7. The molecule has 2 amide bonds. The molecule has 0 aromatic heterocycles. The Bertz CT molecular complexity index is 1420. The topological polar surface area (TPSA) is 118 Å². The van der Waals surface area contributed by atoms with E-state index in [2.05, 4.69) is 13.8 Å². The molecule has 0 N–H and O–H groups in total. The zero-order valence-corrected chi connectivity index (χ0v) is 33.8. The van der Waals surface area contributed by atoms with Gasteiger partial charge in [-0.25, -0.2) is 0 Å². The van der Waals surface area contributed by atoms with E-state index in [1.807, 2.05) is 37.5 Å². The van der Waals surface area contributed by atoms with Gasteiger partial charge in [-0.05, 0) is 79.4 Å². The largest absolute Gasteiger partial charge is 0.378 e. The molecule has 6 rings (SSSR count). The first kappa shape index (κ1) is 40.2. The molecule has 53 heavy (non-hydrogen) atoms. The monoisotopic (exact) mass is 737 g/mol. The molecule has 9 heteroatoms. The van der Waals surface area contributed by atoms with Gasteiger partial charge in [0.1, 0.15) is 5.78 Å². The Morgan fingerprint density at radius 3 is 2.02 bits per heavy atom. The van der Waals surface area contributed by atoms with Gasteiger partial charge >= 0.3 is 0 Å². The summed E-state index contributed by atoms with van der Waals surface area (Å²) in [5.74, 6) is -2.29. The van der Waals surface area contributed by atoms with Gasteiger partial charge in [0.2, 0.25) is 17.6 Å². The summed E-state index contributed by atoms with van der Waals surface area (Å²) in [6.07, 6.45) is 12.7. The number of hydrogen-bond acceptors (Lipinski definition) is 7. The number of fused-ring (bicyclic) bond motifs is 1. The third-order valence-corrected chi connectivity index (χ3v) is 15.4. The lowest BCUT2D eigenvalue weighted by Gasteiger charge is -2.37. The first-order valence-corrected chi connectivity index (χ1v) is 21.4. The number of rotatable bonds is 16. The molecule has 6 aliphatic rings. The fraction of sp³-hybridized carbons (Fsp3) is 0.864. The van der Waals surface area contributed by atoms with Crippen molar-refractivity contribution in [3.05, 3.63) is 0 Å². The summed E-state index contributed by atoms with van der Waals surface area (Å²) < 4.78 is 5.51. The van der Waals surface area contributed by atoms with E-state index in [0.717, 1.165) is 64.2 Å². The molecule has 0 bridgehead atoms. The Labute approximate surface area is 318 Å². The molecule has 296 valence electrons. The minimum atomic E-state index is -0.676. The van der Waals surface area contributed by atoms with Crippen molar-refractivity contribution in [3.63, 3.8) is 0 Å². The number of ketones is 4. The van der Waals surface area contributed by atoms with Crippen LogP contribution in [0.25, 0.3) is 0 Å². The van der Waals surface area contributed by atoms with Gasteiger partial charge in [0.05, 0.1) is 19.3 Å². The van der Waals surface area contributed by atoms with Gasteiger partial charge in [-0.15, -0.1) is 0 Å². The second-order valence-electron chi connectivity index (χ2n) is 19.7. The Balaban J connectivity index is 1.23. The van der Waals surface area contributed by atoms with Crippen molar-refractivity contribution >= 4 is 34.9 Å². The maximum absolute atomic E-state index is 15.0. The number of likely N-dealkylation sites (tertiary alicyclic amines) is 1. The SMILES string of the molecule is CCCC(CC(=O)[C@@H]1C[C@@]2(CN1C(=O)[C@@H](CC(=O)C[C@H](C(=O)N1CCOCC1)C1CCCCC1)C(C)(C)C)C(C)(C)C21CCC1)C(=O)C(=O)CC1CC1. The van der Waals surface area contributed by atoms with E-state index in [1.54, 1.807) is 0 Å². The minimum absolute atomic E-state index is 0.0210. The van der Waals surface area contributed by atoms with E-state index >= 15 is 4.79 Å². The van der Waals surface area contributed by atoms with Gasteiger partial charge < -0.3 is 14.5 Å². The molecule has 6 fully saturated rings. The van der Waals surface area contributed by atoms with Crippen molar-refractivity contribution in [1.82, 2.24) is 9.80 Å². The zero-order valence-electron chi connectivity index (χ0n) is 33.8. The van der Waals surface area contributed by atoms with Crippen molar-refractivity contribution in [3.8, 4) is 0 Å². The van der Waals surface area contributed by atoms with Crippen LogP contribution in [0.15, 0.2) is 0 Å².